The van der Waals surface area contributed by atoms with E-state index in [4.69, 9.17) is 10.9 Å². The predicted octanol–water partition coefficient (Wildman–Crippen LogP) is 0.0527. The van der Waals surface area contributed by atoms with E-state index < -0.39 is 0 Å². The summed E-state index contributed by atoms with van der Waals surface area (Å²) in [6.45, 7) is 4.71. The molecule has 1 rings (SSSR count). The Kier molecular flexibility index (Phi) is 4.84. The van der Waals surface area contributed by atoms with Gasteiger partial charge in [-0.25, -0.2) is 0 Å². The molecule has 0 aromatic carbocycles. The minimum atomic E-state index is 0.0845. The van der Waals surface area contributed by atoms with Gasteiger partial charge in [-0.1, -0.05) is 12.1 Å². The average molecular weight is 214 g/mol. The highest BCUT2D eigenvalue weighted by atomic mass is 16.4. The number of nitrogens with zero attached hydrogens (tertiary/aromatic N) is 2. The molecule has 15 heavy (non-hydrogen) atoms. The number of rotatable bonds is 7. The van der Waals surface area contributed by atoms with Crippen molar-refractivity contribution in [3.63, 3.8) is 0 Å². The van der Waals surface area contributed by atoms with E-state index in [1.54, 1.807) is 0 Å². The van der Waals surface area contributed by atoms with E-state index in [9.17, 15) is 0 Å². The Labute approximate surface area is 91.3 Å². The number of nitrogens with two attached hydrogens (primary N) is 1. The maximum Gasteiger partial charge on any atom is 0.143 e. The molecule has 5 heteroatoms. The van der Waals surface area contributed by atoms with E-state index >= 15 is 0 Å². The van der Waals surface area contributed by atoms with Gasteiger partial charge in [-0.05, 0) is 19.9 Å². The van der Waals surface area contributed by atoms with Crippen molar-refractivity contribution in [2.24, 2.45) is 16.8 Å². The minimum Gasteiger partial charge on any atom is -0.409 e. The first-order valence-corrected chi connectivity index (χ1v) is 5.53. The van der Waals surface area contributed by atoms with Gasteiger partial charge in [0.25, 0.3) is 0 Å². The first-order valence-electron chi connectivity index (χ1n) is 5.53. The maximum absolute atomic E-state index is 8.46. The van der Waals surface area contributed by atoms with Crippen LogP contribution in [-0.4, -0.2) is 48.7 Å². The maximum atomic E-state index is 8.46. The van der Waals surface area contributed by atoms with Crippen LogP contribution in [0, 0.1) is 5.92 Å². The topological polar surface area (TPSA) is 73.9 Å². The second-order valence-corrected chi connectivity index (χ2v) is 4.34. The van der Waals surface area contributed by atoms with Crippen LogP contribution in [0.5, 0.6) is 0 Å². The van der Waals surface area contributed by atoms with Crippen LogP contribution in [0.1, 0.15) is 19.8 Å². The van der Waals surface area contributed by atoms with Crippen LogP contribution in [0.25, 0.3) is 0 Å². The molecule has 4 N–H and O–H groups in total. The predicted molar refractivity (Wildman–Crippen MR) is 61.1 cm³/mol. The number of likely N-dealkylation sites (N-methyl/N-ethyl adjacent to an activating group) is 1. The molecule has 0 aromatic heterocycles. The van der Waals surface area contributed by atoms with Crippen molar-refractivity contribution in [2.75, 3.05) is 26.7 Å². The smallest absolute Gasteiger partial charge is 0.143 e. The molecule has 0 saturated heterocycles. The first-order chi connectivity index (χ1) is 7.15. The number of amidine groups is 1. The van der Waals surface area contributed by atoms with E-state index in [0.717, 1.165) is 25.7 Å². The Bertz CT molecular complexity index is 215. The van der Waals surface area contributed by atoms with Crippen LogP contribution in [0.4, 0.5) is 0 Å². The van der Waals surface area contributed by atoms with E-state index in [1.165, 1.54) is 12.8 Å². The van der Waals surface area contributed by atoms with Gasteiger partial charge in [0.05, 0.1) is 0 Å². The summed E-state index contributed by atoms with van der Waals surface area (Å²) in [4.78, 5) is 2.38. The summed E-state index contributed by atoms with van der Waals surface area (Å²) in [6.07, 6.45) is 2.69. The van der Waals surface area contributed by atoms with Gasteiger partial charge in [0.2, 0.25) is 0 Å². The van der Waals surface area contributed by atoms with Gasteiger partial charge < -0.3 is 21.2 Å². The van der Waals surface area contributed by atoms with Crippen LogP contribution in [0.2, 0.25) is 0 Å². The van der Waals surface area contributed by atoms with E-state index in [1.807, 2.05) is 6.92 Å². The molecule has 0 radical (unpaired) electrons. The molecular formula is C10H22N4O. The molecule has 1 aliphatic rings. The molecule has 0 aliphatic heterocycles. The van der Waals surface area contributed by atoms with Crippen molar-refractivity contribution in [3.05, 3.63) is 0 Å². The fourth-order valence-corrected chi connectivity index (χ4v) is 1.47. The van der Waals surface area contributed by atoms with Gasteiger partial charge in [0, 0.05) is 31.6 Å². The third kappa shape index (κ3) is 4.48. The molecule has 0 heterocycles. The molecule has 1 unspecified atom stereocenters. The van der Waals surface area contributed by atoms with Gasteiger partial charge in [-0.15, -0.1) is 0 Å². The molecular weight excluding hydrogens is 192 g/mol. The zero-order chi connectivity index (χ0) is 11.3. The molecule has 1 fully saturated rings. The molecule has 0 spiro atoms. The summed E-state index contributed by atoms with van der Waals surface area (Å²) in [5, 5.41) is 14.7. The Morgan fingerprint density at radius 1 is 1.67 bits per heavy atom. The lowest BCUT2D eigenvalue weighted by Crippen LogP contribution is -2.36. The lowest BCUT2D eigenvalue weighted by Gasteiger charge is -2.17. The monoisotopic (exact) mass is 214 g/mol. The highest BCUT2D eigenvalue weighted by molar-refractivity contribution is 5.82. The third-order valence-electron chi connectivity index (χ3n) is 2.88. The van der Waals surface area contributed by atoms with Gasteiger partial charge >= 0.3 is 0 Å². The largest absolute Gasteiger partial charge is 0.409 e. The molecule has 1 saturated carbocycles. The van der Waals surface area contributed by atoms with Crippen molar-refractivity contribution in [1.29, 1.82) is 0 Å². The van der Waals surface area contributed by atoms with Crippen LogP contribution in [-0.2, 0) is 0 Å². The number of nitrogens with one attached hydrogen (secondary N) is 1. The average Bonchev–Trinajstić information content (AvgIpc) is 3.06. The number of hydrogen-bond acceptors (Lipinski definition) is 4. The summed E-state index contributed by atoms with van der Waals surface area (Å²) in [5.74, 6) is 0.374. The van der Waals surface area contributed by atoms with Crippen molar-refractivity contribution in [1.82, 2.24) is 10.2 Å². The van der Waals surface area contributed by atoms with Crippen molar-refractivity contribution >= 4 is 5.84 Å². The lowest BCUT2D eigenvalue weighted by atomic mass is 10.1. The summed E-state index contributed by atoms with van der Waals surface area (Å²) < 4.78 is 0. The minimum absolute atomic E-state index is 0.0845. The molecule has 1 aliphatic carbocycles. The van der Waals surface area contributed by atoms with Crippen molar-refractivity contribution < 1.29 is 5.21 Å². The molecule has 0 amide bonds. The normalized spacial score (nSPS) is 19.5. The fourth-order valence-electron chi connectivity index (χ4n) is 1.47. The fraction of sp³-hybridized carbons (Fsp3) is 0.900. The van der Waals surface area contributed by atoms with Crippen LogP contribution >= 0.6 is 0 Å². The highest BCUT2D eigenvalue weighted by Gasteiger charge is 2.25. The molecule has 88 valence electrons. The Balaban J connectivity index is 2.00. The van der Waals surface area contributed by atoms with Crippen LogP contribution in [0.15, 0.2) is 5.16 Å². The van der Waals surface area contributed by atoms with Crippen molar-refractivity contribution in [2.45, 2.75) is 25.8 Å². The number of hydrogen-bond donors (Lipinski definition) is 3. The Morgan fingerprint density at radius 3 is 2.87 bits per heavy atom. The first kappa shape index (κ1) is 12.3. The molecule has 5 nitrogen and oxygen atoms in total. The molecule has 0 aromatic rings. The second-order valence-electron chi connectivity index (χ2n) is 4.34. The highest BCUT2D eigenvalue weighted by Crippen LogP contribution is 2.24. The quantitative estimate of drug-likeness (QED) is 0.184. The van der Waals surface area contributed by atoms with Gasteiger partial charge in [0.1, 0.15) is 5.84 Å². The van der Waals surface area contributed by atoms with Crippen LogP contribution in [0.3, 0.4) is 0 Å². The van der Waals surface area contributed by atoms with E-state index in [2.05, 4.69) is 22.4 Å². The van der Waals surface area contributed by atoms with Gasteiger partial charge in [-0.2, -0.15) is 0 Å². The SMILES string of the molecule is CC(CNCCN(C)C1CC1)C(N)=NO. The van der Waals surface area contributed by atoms with E-state index in [0.29, 0.717) is 0 Å². The summed E-state index contributed by atoms with van der Waals surface area (Å²) in [6, 6.07) is 0.813. The van der Waals surface area contributed by atoms with Crippen molar-refractivity contribution in [3.8, 4) is 0 Å². The third-order valence-corrected chi connectivity index (χ3v) is 2.88. The van der Waals surface area contributed by atoms with Gasteiger partial charge in [0.15, 0.2) is 0 Å². The lowest BCUT2D eigenvalue weighted by molar-refractivity contribution is 0.311. The zero-order valence-electron chi connectivity index (χ0n) is 9.61. The standard InChI is InChI=1S/C10H22N4O/c1-8(10(11)13-15)7-12-5-6-14(2)9-3-4-9/h8-9,12,15H,3-7H2,1-2H3,(H2,11,13). The zero-order valence-corrected chi connectivity index (χ0v) is 9.61. The van der Waals surface area contributed by atoms with Crippen LogP contribution < -0.4 is 11.1 Å². The Morgan fingerprint density at radius 2 is 2.33 bits per heavy atom. The second kappa shape index (κ2) is 5.92. The summed E-state index contributed by atoms with van der Waals surface area (Å²) in [5.41, 5.74) is 5.47. The Hall–Kier alpha value is -0.810. The van der Waals surface area contributed by atoms with E-state index in [-0.39, 0.29) is 11.8 Å². The molecule has 1 atom stereocenters. The van der Waals surface area contributed by atoms with Gasteiger partial charge in [-0.3, -0.25) is 0 Å². The number of oxime groups is 1. The molecule has 0 bridgehead atoms. The summed E-state index contributed by atoms with van der Waals surface area (Å²) in [7, 11) is 2.16. The summed E-state index contributed by atoms with van der Waals surface area (Å²) >= 11 is 0.